The summed E-state index contributed by atoms with van der Waals surface area (Å²) in [5, 5.41) is 0. The molecule has 0 saturated carbocycles. The molecular formula is C22H27N3O. The number of nitrogens with zero attached hydrogens (tertiary/aromatic N) is 2. The molecule has 0 radical (unpaired) electrons. The quantitative estimate of drug-likeness (QED) is 0.736. The van der Waals surface area contributed by atoms with Crippen molar-refractivity contribution in [3.05, 3.63) is 70.6 Å². The fraction of sp³-hybridized carbons (Fsp3) is 0.409. The lowest BCUT2D eigenvalue weighted by molar-refractivity contribution is 0.128. The third kappa shape index (κ3) is 3.21. The molecule has 3 aromatic rings. The molecule has 1 unspecified atom stereocenters. The Morgan fingerprint density at radius 1 is 1.04 bits per heavy atom. The van der Waals surface area contributed by atoms with Crippen molar-refractivity contribution in [3.63, 3.8) is 0 Å². The van der Waals surface area contributed by atoms with E-state index in [0.717, 1.165) is 37.0 Å². The van der Waals surface area contributed by atoms with Crippen molar-refractivity contribution in [1.29, 1.82) is 0 Å². The Bertz CT molecular complexity index is 904. The second-order valence-electron chi connectivity index (χ2n) is 7.30. The molecule has 0 aliphatic carbocycles. The lowest BCUT2D eigenvalue weighted by Gasteiger charge is -2.38. The van der Waals surface area contributed by atoms with Gasteiger partial charge in [0.15, 0.2) is 0 Å². The number of aromatic nitrogens is 2. The smallest absolute Gasteiger partial charge is 0.306 e. The molecule has 1 N–H and O–H groups in total. The zero-order chi connectivity index (χ0) is 17.9. The molecule has 4 nitrogen and oxygen atoms in total. The summed E-state index contributed by atoms with van der Waals surface area (Å²) in [6, 6.07) is 19.6. The summed E-state index contributed by atoms with van der Waals surface area (Å²) in [7, 11) is 0. The van der Waals surface area contributed by atoms with Crippen LogP contribution in [0.3, 0.4) is 0 Å². The second kappa shape index (κ2) is 7.50. The molecule has 1 fully saturated rings. The molecule has 136 valence electrons. The average molecular weight is 349 g/mol. The number of para-hydroxylation sites is 2. The number of H-pyrrole nitrogens is 1. The molecule has 2 heterocycles. The fourth-order valence-electron chi connectivity index (χ4n) is 4.40. The van der Waals surface area contributed by atoms with Crippen molar-refractivity contribution < 1.29 is 0 Å². The van der Waals surface area contributed by atoms with Crippen LogP contribution in [0.15, 0.2) is 59.4 Å². The first-order valence-corrected chi connectivity index (χ1v) is 9.76. The Labute approximate surface area is 154 Å². The van der Waals surface area contributed by atoms with E-state index in [1.807, 2.05) is 28.8 Å². The van der Waals surface area contributed by atoms with Gasteiger partial charge >= 0.3 is 5.69 Å². The van der Waals surface area contributed by atoms with Crippen LogP contribution >= 0.6 is 0 Å². The number of hydrogen-bond donors (Lipinski definition) is 1. The van der Waals surface area contributed by atoms with E-state index in [0.29, 0.717) is 6.04 Å². The summed E-state index contributed by atoms with van der Waals surface area (Å²) >= 11 is 0. The number of hydrogen-bond acceptors (Lipinski definition) is 2. The fourth-order valence-corrected chi connectivity index (χ4v) is 4.40. The summed E-state index contributed by atoms with van der Waals surface area (Å²) in [5.41, 5.74) is 3.41. The molecule has 1 aliphatic heterocycles. The molecule has 1 atom stereocenters. The first-order chi connectivity index (χ1) is 12.8. The lowest BCUT2D eigenvalue weighted by atomic mass is 9.96. The number of piperidine rings is 1. The minimum atomic E-state index is 0.0258. The van der Waals surface area contributed by atoms with Crippen LogP contribution in [0, 0.1) is 0 Å². The molecule has 2 aromatic carbocycles. The number of nitrogens with one attached hydrogen (secondary N) is 1. The van der Waals surface area contributed by atoms with E-state index in [1.54, 1.807) is 0 Å². The Morgan fingerprint density at radius 3 is 2.46 bits per heavy atom. The molecule has 1 aliphatic rings. The van der Waals surface area contributed by atoms with Crippen LogP contribution in [0.4, 0.5) is 0 Å². The minimum absolute atomic E-state index is 0.0258. The first kappa shape index (κ1) is 17.1. The zero-order valence-electron chi connectivity index (χ0n) is 15.4. The van der Waals surface area contributed by atoms with Crippen molar-refractivity contribution in [1.82, 2.24) is 14.5 Å². The highest BCUT2D eigenvalue weighted by atomic mass is 16.1. The van der Waals surface area contributed by atoms with Gasteiger partial charge in [-0.25, -0.2) is 4.79 Å². The van der Waals surface area contributed by atoms with E-state index in [2.05, 4.69) is 47.1 Å². The number of benzene rings is 2. The number of aromatic amines is 1. The van der Waals surface area contributed by atoms with Gasteiger partial charge in [-0.15, -0.1) is 0 Å². The standard InChI is InChI=1S/C22H27N3O/c1-2-8-20(17-9-4-3-5-10-17)24-15-13-18(14-16-24)25-21-12-7-6-11-19(21)23-22(25)26/h3-7,9-12,18,20H,2,8,13-16H2,1H3,(H,23,26). The number of likely N-dealkylation sites (tertiary alicyclic amines) is 1. The van der Waals surface area contributed by atoms with Crippen molar-refractivity contribution in [2.24, 2.45) is 0 Å². The molecule has 1 saturated heterocycles. The summed E-state index contributed by atoms with van der Waals surface area (Å²) < 4.78 is 1.98. The van der Waals surface area contributed by atoms with Crippen LogP contribution < -0.4 is 5.69 Å². The highest BCUT2D eigenvalue weighted by Crippen LogP contribution is 2.32. The average Bonchev–Trinajstić information content (AvgIpc) is 3.03. The van der Waals surface area contributed by atoms with Crippen LogP contribution in [0.1, 0.15) is 50.3 Å². The van der Waals surface area contributed by atoms with Gasteiger partial charge in [-0.2, -0.15) is 0 Å². The van der Waals surface area contributed by atoms with Gasteiger partial charge in [0, 0.05) is 25.2 Å². The third-order valence-electron chi connectivity index (χ3n) is 5.68. The Morgan fingerprint density at radius 2 is 1.73 bits per heavy atom. The molecule has 0 spiro atoms. The van der Waals surface area contributed by atoms with E-state index in [-0.39, 0.29) is 11.7 Å². The van der Waals surface area contributed by atoms with E-state index < -0.39 is 0 Å². The number of rotatable bonds is 5. The first-order valence-electron chi connectivity index (χ1n) is 9.76. The third-order valence-corrected chi connectivity index (χ3v) is 5.68. The predicted octanol–water partition coefficient (Wildman–Crippen LogP) is 4.51. The Balaban J connectivity index is 1.53. The van der Waals surface area contributed by atoms with E-state index >= 15 is 0 Å². The summed E-state index contributed by atoms with van der Waals surface area (Å²) in [6.45, 7) is 4.33. The summed E-state index contributed by atoms with van der Waals surface area (Å²) in [4.78, 5) is 18.1. The molecule has 26 heavy (non-hydrogen) atoms. The van der Waals surface area contributed by atoms with Crippen LogP contribution in [-0.4, -0.2) is 27.5 Å². The minimum Gasteiger partial charge on any atom is -0.306 e. The normalized spacial score (nSPS) is 17.6. The van der Waals surface area contributed by atoms with Gasteiger partial charge in [0.2, 0.25) is 0 Å². The summed E-state index contributed by atoms with van der Waals surface area (Å²) in [5.74, 6) is 0. The van der Waals surface area contributed by atoms with Crippen molar-refractivity contribution in [2.45, 2.75) is 44.7 Å². The highest BCUT2D eigenvalue weighted by Gasteiger charge is 2.27. The van der Waals surface area contributed by atoms with Gasteiger partial charge in [-0.3, -0.25) is 9.47 Å². The van der Waals surface area contributed by atoms with Crippen LogP contribution in [0.2, 0.25) is 0 Å². The maximum atomic E-state index is 12.5. The van der Waals surface area contributed by atoms with Crippen LogP contribution in [-0.2, 0) is 0 Å². The van der Waals surface area contributed by atoms with E-state index in [9.17, 15) is 4.79 Å². The van der Waals surface area contributed by atoms with Gasteiger partial charge in [0.05, 0.1) is 11.0 Å². The van der Waals surface area contributed by atoms with Gasteiger partial charge in [0.25, 0.3) is 0 Å². The van der Waals surface area contributed by atoms with Crippen LogP contribution in [0.5, 0.6) is 0 Å². The maximum Gasteiger partial charge on any atom is 0.326 e. The molecule has 0 bridgehead atoms. The van der Waals surface area contributed by atoms with Crippen molar-refractivity contribution >= 4 is 11.0 Å². The zero-order valence-corrected chi connectivity index (χ0v) is 15.4. The molecule has 1 aromatic heterocycles. The Kier molecular flexibility index (Phi) is 4.93. The van der Waals surface area contributed by atoms with Gasteiger partial charge in [-0.05, 0) is 37.0 Å². The highest BCUT2D eigenvalue weighted by molar-refractivity contribution is 5.75. The summed E-state index contributed by atoms with van der Waals surface area (Å²) in [6.07, 6.45) is 4.41. The topological polar surface area (TPSA) is 41.0 Å². The van der Waals surface area contributed by atoms with Crippen LogP contribution in [0.25, 0.3) is 11.0 Å². The number of fused-ring (bicyclic) bond motifs is 1. The SMILES string of the molecule is CCCC(c1ccccc1)N1CCC(n2c(=O)[nH]c3ccccc32)CC1. The molecular weight excluding hydrogens is 322 g/mol. The predicted molar refractivity (Wildman–Crippen MR) is 106 cm³/mol. The second-order valence-corrected chi connectivity index (χ2v) is 7.30. The molecule has 4 rings (SSSR count). The van der Waals surface area contributed by atoms with Gasteiger partial charge < -0.3 is 4.98 Å². The van der Waals surface area contributed by atoms with E-state index in [1.165, 1.54) is 18.4 Å². The van der Waals surface area contributed by atoms with E-state index in [4.69, 9.17) is 0 Å². The monoisotopic (exact) mass is 349 g/mol. The van der Waals surface area contributed by atoms with Crippen molar-refractivity contribution in [3.8, 4) is 0 Å². The maximum absolute atomic E-state index is 12.5. The van der Waals surface area contributed by atoms with Gasteiger partial charge in [-0.1, -0.05) is 55.8 Å². The van der Waals surface area contributed by atoms with Gasteiger partial charge in [0.1, 0.15) is 0 Å². The largest absolute Gasteiger partial charge is 0.326 e. The molecule has 4 heteroatoms. The number of imidazole rings is 1. The lowest BCUT2D eigenvalue weighted by Crippen LogP contribution is -2.39. The van der Waals surface area contributed by atoms with Crippen molar-refractivity contribution in [2.75, 3.05) is 13.1 Å². The Hall–Kier alpha value is -2.33. The molecule has 0 amide bonds.